The standard InChI is InChI=1S/C40H31Cl2FN4O5S/c1-18-25-15-21(42)7-13-31(25)53-35(18)29-17-32(45(3)44-29)47-37(50)27-16-26-23(34(40(27,2)39(47)52)19-4-12-30(48)28(43)14-19)10-11-24-33(26)38(51)46(36(24)49)22-8-5-20(41)6-9-22/h4-10,12-15,17,24,26-27,33-34,48H,11,16H2,1-3H3/t24-,26+,27-,33-,34-,40+/m0/s1. The molecule has 13 heteroatoms. The van der Waals surface area contributed by atoms with Crippen LogP contribution in [0.25, 0.3) is 20.7 Å². The lowest BCUT2D eigenvalue weighted by Crippen LogP contribution is -2.49. The number of aromatic hydroxyl groups is 1. The number of aryl methyl sites for hydroxylation is 2. The Bertz CT molecular complexity index is 2490. The number of aromatic nitrogens is 2. The molecule has 4 aliphatic rings. The molecule has 5 aromatic rings. The van der Waals surface area contributed by atoms with E-state index in [-0.39, 0.29) is 30.5 Å². The van der Waals surface area contributed by atoms with E-state index in [1.807, 2.05) is 31.2 Å². The number of hydrogen-bond donors (Lipinski definition) is 1. The predicted octanol–water partition coefficient (Wildman–Crippen LogP) is 8.20. The van der Waals surface area contributed by atoms with E-state index in [0.717, 1.165) is 20.5 Å². The van der Waals surface area contributed by atoms with Gasteiger partial charge in [0.25, 0.3) is 0 Å². The van der Waals surface area contributed by atoms with Crippen LogP contribution in [0.4, 0.5) is 15.9 Å². The van der Waals surface area contributed by atoms with Crippen LogP contribution in [-0.2, 0) is 26.2 Å². The van der Waals surface area contributed by atoms with Gasteiger partial charge in [0, 0.05) is 33.8 Å². The Morgan fingerprint density at radius 3 is 2.38 bits per heavy atom. The number of amides is 4. The van der Waals surface area contributed by atoms with Gasteiger partial charge in [-0.1, -0.05) is 40.9 Å². The molecular weight excluding hydrogens is 738 g/mol. The van der Waals surface area contributed by atoms with Crippen molar-refractivity contribution in [1.82, 2.24) is 9.78 Å². The second-order valence-electron chi connectivity index (χ2n) is 14.6. The summed E-state index contributed by atoms with van der Waals surface area (Å²) in [6.07, 6.45) is 2.27. The van der Waals surface area contributed by atoms with Gasteiger partial charge in [-0.2, -0.15) is 5.10 Å². The largest absolute Gasteiger partial charge is 0.505 e. The minimum Gasteiger partial charge on any atom is -0.505 e. The minimum atomic E-state index is -1.40. The molecule has 53 heavy (non-hydrogen) atoms. The molecule has 1 saturated carbocycles. The van der Waals surface area contributed by atoms with E-state index in [0.29, 0.717) is 32.6 Å². The number of phenols is 1. The molecule has 0 radical (unpaired) electrons. The van der Waals surface area contributed by atoms with E-state index < -0.39 is 58.4 Å². The number of imide groups is 2. The first kappa shape index (κ1) is 34.0. The van der Waals surface area contributed by atoms with Crippen LogP contribution >= 0.6 is 34.5 Å². The second kappa shape index (κ2) is 11.8. The number of benzene rings is 3. The van der Waals surface area contributed by atoms with E-state index in [9.17, 15) is 24.3 Å². The van der Waals surface area contributed by atoms with Gasteiger partial charge in [-0.05, 0) is 104 Å². The smallest absolute Gasteiger partial charge is 0.242 e. The Kier molecular flexibility index (Phi) is 7.58. The second-order valence-corrected chi connectivity index (χ2v) is 16.5. The van der Waals surface area contributed by atoms with Gasteiger partial charge in [0.15, 0.2) is 11.6 Å². The molecule has 2 aliphatic carbocycles. The summed E-state index contributed by atoms with van der Waals surface area (Å²) in [4.78, 5) is 61.2. The van der Waals surface area contributed by atoms with Crippen molar-refractivity contribution in [2.24, 2.45) is 36.1 Å². The Labute approximate surface area is 317 Å². The number of hydrogen-bond acceptors (Lipinski definition) is 7. The van der Waals surface area contributed by atoms with Crippen molar-refractivity contribution in [2.75, 3.05) is 9.80 Å². The van der Waals surface area contributed by atoms with Crippen molar-refractivity contribution >= 4 is 79.8 Å². The van der Waals surface area contributed by atoms with Crippen molar-refractivity contribution in [3.63, 3.8) is 0 Å². The molecule has 9 rings (SSSR count). The molecule has 0 bridgehead atoms. The van der Waals surface area contributed by atoms with Gasteiger partial charge in [-0.25, -0.2) is 9.29 Å². The zero-order chi connectivity index (χ0) is 37.2. The molecule has 268 valence electrons. The summed E-state index contributed by atoms with van der Waals surface area (Å²) in [6.45, 7) is 3.71. The highest BCUT2D eigenvalue weighted by atomic mass is 35.5. The number of thiophene rings is 1. The fourth-order valence-electron chi connectivity index (χ4n) is 9.38. The van der Waals surface area contributed by atoms with Crippen molar-refractivity contribution < 1.29 is 28.7 Å². The number of halogens is 3. The van der Waals surface area contributed by atoms with E-state index in [4.69, 9.17) is 28.3 Å². The van der Waals surface area contributed by atoms with Gasteiger partial charge in [-0.3, -0.25) is 28.8 Å². The number of carbonyl (C=O) groups is 4. The Morgan fingerprint density at radius 2 is 1.64 bits per heavy atom. The summed E-state index contributed by atoms with van der Waals surface area (Å²) in [7, 11) is 1.68. The number of rotatable bonds is 4. The van der Waals surface area contributed by atoms with Crippen LogP contribution in [0.15, 0.2) is 78.4 Å². The third-order valence-corrected chi connectivity index (χ3v) is 13.7. The number of allylic oxidation sites excluding steroid dienone is 2. The molecule has 2 aliphatic heterocycles. The highest BCUT2D eigenvalue weighted by molar-refractivity contribution is 7.22. The molecule has 6 atom stereocenters. The summed E-state index contributed by atoms with van der Waals surface area (Å²) in [5.41, 5.74) is 1.67. The molecule has 0 spiro atoms. The predicted molar refractivity (Wildman–Crippen MR) is 200 cm³/mol. The molecule has 1 N–H and O–H groups in total. The lowest BCUT2D eigenvalue weighted by Gasteiger charge is -2.49. The first-order valence-corrected chi connectivity index (χ1v) is 18.8. The van der Waals surface area contributed by atoms with Crippen LogP contribution in [0.3, 0.4) is 0 Å². The van der Waals surface area contributed by atoms with Crippen molar-refractivity contribution in [2.45, 2.75) is 32.6 Å². The summed E-state index contributed by atoms with van der Waals surface area (Å²) >= 11 is 13.9. The summed E-state index contributed by atoms with van der Waals surface area (Å²) in [6, 6.07) is 17.9. The van der Waals surface area contributed by atoms with Crippen LogP contribution in [0.2, 0.25) is 10.0 Å². The molecule has 4 heterocycles. The van der Waals surface area contributed by atoms with Crippen LogP contribution in [0.5, 0.6) is 5.75 Å². The monoisotopic (exact) mass is 768 g/mol. The Hall–Kier alpha value is -4.84. The van der Waals surface area contributed by atoms with E-state index in [1.165, 1.54) is 38.0 Å². The fourth-order valence-corrected chi connectivity index (χ4v) is 10.8. The molecule has 2 aromatic heterocycles. The van der Waals surface area contributed by atoms with Gasteiger partial charge < -0.3 is 5.11 Å². The van der Waals surface area contributed by atoms with Crippen molar-refractivity contribution in [1.29, 1.82) is 0 Å². The lowest BCUT2D eigenvalue weighted by molar-refractivity contribution is -0.131. The van der Waals surface area contributed by atoms with Gasteiger partial charge in [0.05, 0.1) is 33.7 Å². The highest BCUT2D eigenvalue weighted by Gasteiger charge is 2.68. The maximum atomic E-state index is 15.1. The van der Waals surface area contributed by atoms with E-state index in [1.54, 1.807) is 50.4 Å². The van der Waals surface area contributed by atoms with E-state index in [2.05, 4.69) is 0 Å². The average Bonchev–Trinajstić information content (AvgIpc) is 3.80. The average molecular weight is 770 g/mol. The van der Waals surface area contributed by atoms with Gasteiger partial charge in [0.1, 0.15) is 11.5 Å². The molecule has 3 aromatic carbocycles. The third kappa shape index (κ3) is 4.76. The molecule has 2 saturated heterocycles. The first-order chi connectivity index (χ1) is 25.3. The summed E-state index contributed by atoms with van der Waals surface area (Å²) < 4.78 is 17.7. The lowest BCUT2D eigenvalue weighted by atomic mass is 9.51. The maximum Gasteiger partial charge on any atom is 0.242 e. The quantitative estimate of drug-likeness (QED) is 0.146. The van der Waals surface area contributed by atoms with Crippen molar-refractivity contribution in [3.05, 3.63) is 105 Å². The molecule has 4 amide bonds. The Balaban J connectivity index is 1.15. The molecule has 0 unspecified atom stereocenters. The van der Waals surface area contributed by atoms with Gasteiger partial charge >= 0.3 is 0 Å². The van der Waals surface area contributed by atoms with Gasteiger partial charge in [0.2, 0.25) is 23.6 Å². The molecular formula is C40H31Cl2FN4O5S. The minimum absolute atomic E-state index is 0.135. The number of nitrogens with zero attached hydrogens (tertiary/aromatic N) is 4. The summed E-state index contributed by atoms with van der Waals surface area (Å²) in [5, 5.41) is 16.9. The first-order valence-electron chi connectivity index (χ1n) is 17.2. The number of anilines is 2. The van der Waals surface area contributed by atoms with Crippen LogP contribution in [0.1, 0.15) is 36.8 Å². The van der Waals surface area contributed by atoms with Crippen LogP contribution in [-0.4, -0.2) is 38.5 Å². The highest BCUT2D eigenvalue weighted by Crippen LogP contribution is 2.64. The summed E-state index contributed by atoms with van der Waals surface area (Å²) in [5.74, 6) is -6.60. The third-order valence-electron chi connectivity index (χ3n) is 11.9. The van der Waals surface area contributed by atoms with Crippen molar-refractivity contribution in [3.8, 4) is 16.3 Å². The zero-order valence-electron chi connectivity index (χ0n) is 28.6. The number of fused-ring (bicyclic) bond motifs is 5. The maximum absolute atomic E-state index is 15.1. The van der Waals surface area contributed by atoms with Gasteiger partial charge in [-0.15, -0.1) is 11.3 Å². The van der Waals surface area contributed by atoms with Crippen LogP contribution < -0.4 is 9.80 Å². The zero-order valence-corrected chi connectivity index (χ0v) is 31.0. The van der Waals surface area contributed by atoms with E-state index >= 15 is 4.39 Å². The normalized spacial score (nSPS) is 26.7. The topological polar surface area (TPSA) is 113 Å². The van der Waals surface area contributed by atoms with Crippen LogP contribution in [0, 0.1) is 41.8 Å². The molecule has 9 nitrogen and oxygen atoms in total. The molecule has 3 fully saturated rings. The SMILES string of the molecule is Cc1c(-c2cc(N3C(=O)[C@@H]4C[C@@H]5C(=CC[C@@H]6C(=O)N(c7ccc(Cl)cc7)C(=O)[C@@H]65)[C@H](c5ccc(O)c(F)c5)[C@]4(C)C3=O)n(C)n2)sc2ccc(Cl)cc12. The number of phenolic OH excluding ortho intramolecular Hbond substituents is 1. The fraction of sp³-hybridized carbons (Fsp3) is 0.275. The Morgan fingerprint density at radius 1 is 0.906 bits per heavy atom. The number of carbonyl (C=O) groups excluding carboxylic acids is 4.